The standard InChI is InChI=1S/C21H26N2O4.ClH/c1-3-26-19-10-6-7-11-20(19)27-15-21(24)23-13-12-22-14-17(23)16-8-4-5-9-18(16)25-2;/h4-11,17,22H,3,12-15H2,1-2H3;1H. The number of para-hydroxylation sites is 3. The van der Waals surface area contributed by atoms with E-state index in [9.17, 15) is 4.79 Å². The molecule has 1 saturated heterocycles. The molecule has 1 fully saturated rings. The fraction of sp³-hybridized carbons (Fsp3) is 0.381. The molecule has 1 atom stereocenters. The fourth-order valence-electron chi connectivity index (χ4n) is 3.29. The number of amides is 1. The highest BCUT2D eigenvalue weighted by Crippen LogP contribution is 2.31. The molecule has 2 aromatic carbocycles. The molecule has 0 aliphatic carbocycles. The first-order chi connectivity index (χ1) is 13.2. The molecule has 7 heteroatoms. The number of rotatable bonds is 7. The predicted octanol–water partition coefficient (Wildman–Crippen LogP) is 3.07. The molecule has 1 unspecified atom stereocenters. The highest BCUT2D eigenvalue weighted by molar-refractivity contribution is 5.85. The van der Waals surface area contributed by atoms with Crippen molar-refractivity contribution in [2.75, 3.05) is 40.0 Å². The van der Waals surface area contributed by atoms with E-state index in [4.69, 9.17) is 14.2 Å². The zero-order valence-corrected chi connectivity index (χ0v) is 17.0. The topological polar surface area (TPSA) is 60.0 Å². The van der Waals surface area contributed by atoms with Crippen LogP contribution in [0.4, 0.5) is 0 Å². The molecule has 1 N–H and O–H groups in total. The van der Waals surface area contributed by atoms with E-state index in [2.05, 4.69) is 5.32 Å². The molecule has 1 aliphatic heterocycles. The summed E-state index contributed by atoms with van der Waals surface area (Å²) in [6, 6.07) is 15.1. The maximum absolute atomic E-state index is 12.9. The van der Waals surface area contributed by atoms with Gasteiger partial charge in [-0.3, -0.25) is 4.79 Å². The zero-order chi connectivity index (χ0) is 19.1. The average Bonchev–Trinajstić information content (AvgIpc) is 2.73. The van der Waals surface area contributed by atoms with Crippen LogP contribution in [0.5, 0.6) is 17.2 Å². The summed E-state index contributed by atoms with van der Waals surface area (Å²) in [5, 5.41) is 3.36. The van der Waals surface area contributed by atoms with E-state index in [1.807, 2.05) is 60.4 Å². The van der Waals surface area contributed by atoms with Gasteiger partial charge in [-0.25, -0.2) is 0 Å². The van der Waals surface area contributed by atoms with Crippen LogP contribution in [0.2, 0.25) is 0 Å². The Morgan fingerprint density at radius 3 is 2.39 bits per heavy atom. The van der Waals surface area contributed by atoms with Gasteiger partial charge in [0.1, 0.15) is 5.75 Å². The van der Waals surface area contributed by atoms with Crippen molar-refractivity contribution >= 4 is 18.3 Å². The number of carbonyl (C=O) groups is 1. The SMILES string of the molecule is CCOc1ccccc1OCC(=O)N1CCNCC1c1ccccc1OC.Cl. The number of hydrogen-bond donors (Lipinski definition) is 1. The van der Waals surface area contributed by atoms with Gasteiger partial charge in [0.2, 0.25) is 0 Å². The zero-order valence-electron chi connectivity index (χ0n) is 16.2. The highest BCUT2D eigenvalue weighted by Gasteiger charge is 2.30. The number of methoxy groups -OCH3 is 1. The lowest BCUT2D eigenvalue weighted by molar-refractivity contribution is -0.136. The van der Waals surface area contributed by atoms with E-state index in [1.54, 1.807) is 7.11 Å². The van der Waals surface area contributed by atoms with Crippen LogP contribution in [-0.2, 0) is 4.79 Å². The lowest BCUT2D eigenvalue weighted by Gasteiger charge is -2.37. The number of benzene rings is 2. The van der Waals surface area contributed by atoms with Crippen molar-refractivity contribution in [1.82, 2.24) is 10.2 Å². The summed E-state index contributed by atoms with van der Waals surface area (Å²) in [6.45, 7) is 4.49. The van der Waals surface area contributed by atoms with Gasteiger partial charge in [0, 0.05) is 25.2 Å². The Kier molecular flexibility index (Phi) is 8.42. The van der Waals surface area contributed by atoms with E-state index < -0.39 is 0 Å². The van der Waals surface area contributed by atoms with Crippen LogP contribution in [-0.4, -0.2) is 50.8 Å². The minimum Gasteiger partial charge on any atom is -0.496 e. The molecule has 2 aromatic rings. The van der Waals surface area contributed by atoms with Crippen LogP contribution in [0.3, 0.4) is 0 Å². The van der Waals surface area contributed by atoms with E-state index in [0.29, 0.717) is 31.2 Å². The number of nitrogens with one attached hydrogen (secondary N) is 1. The first-order valence-corrected chi connectivity index (χ1v) is 9.22. The summed E-state index contributed by atoms with van der Waals surface area (Å²) in [6.07, 6.45) is 0. The van der Waals surface area contributed by atoms with Gasteiger partial charge >= 0.3 is 0 Å². The number of halogens is 1. The van der Waals surface area contributed by atoms with Gasteiger partial charge < -0.3 is 24.4 Å². The van der Waals surface area contributed by atoms with Crippen molar-refractivity contribution in [3.63, 3.8) is 0 Å². The minimum atomic E-state index is -0.0897. The molecular formula is C21H27ClN2O4. The van der Waals surface area contributed by atoms with Crippen molar-refractivity contribution in [1.29, 1.82) is 0 Å². The van der Waals surface area contributed by atoms with Gasteiger partial charge in [-0.15, -0.1) is 12.4 Å². The molecule has 0 spiro atoms. The van der Waals surface area contributed by atoms with Gasteiger partial charge in [-0.05, 0) is 25.1 Å². The third kappa shape index (κ3) is 5.09. The number of carbonyl (C=O) groups excluding carboxylic acids is 1. The lowest BCUT2D eigenvalue weighted by atomic mass is 10.0. The number of ether oxygens (including phenoxy) is 3. The molecule has 0 radical (unpaired) electrons. The van der Waals surface area contributed by atoms with Crippen LogP contribution < -0.4 is 19.5 Å². The second-order valence-corrected chi connectivity index (χ2v) is 6.22. The summed E-state index contributed by atoms with van der Waals surface area (Å²) < 4.78 is 16.8. The molecule has 0 saturated carbocycles. The Labute approximate surface area is 172 Å². The van der Waals surface area contributed by atoms with Crippen LogP contribution in [0.15, 0.2) is 48.5 Å². The Bertz CT molecular complexity index is 772. The fourth-order valence-corrected chi connectivity index (χ4v) is 3.29. The number of nitrogens with zero attached hydrogens (tertiary/aromatic N) is 1. The van der Waals surface area contributed by atoms with Crippen molar-refractivity contribution in [2.45, 2.75) is 13.0 Å². The Morgan fingerprint density at radius 2 is 1.71 bits per heavy atom. The number of piperazine rings is 1. The van der Waals surface area contributed by atoms with Crippen molar-refractivity contribution in [3.8, 4) is 17.2 Å². The molecule has 3 rings (SSSR count). The van der Waals surface area contributed by atoms with Gasteiger partial charge in [0.15, 0.2) is 18.1 Å². The third-order valence-electron chi connectivity index (χ3n) is 4.56. The second kappa shape index (κ2) is 10.8. The van der Waals surface area contributed by atoms with Crippen LogP contribution >= 0.6 is 12.4 Å². The van der Waals surface area contributed by atoms with Crippen LogP contribution in [0, 0.1) is 0 Å². The summed E-state index contributed by atoms with van der Waals surface area (Å²) in [4.78, 5) is 14.8. The Balaban J connectivity index is 0.00000280. The van der Waals surface area contributed by atoms with Crippen molar-refractivity contribution in [2.24, 2.45) is 0 Å². The molecule has 1 aliphatic rings. The summed E-state index contributed by atoms with van der Waals surface area (Å²) in [5.74, 6) is 1.95. The van der Waals surface area contributed by atoms with Gasteiger partial charge in [0.25, 0.3) is 5.91 Å². The molecule has 28 heavy (non-hydrogen) atoms. The molecule has 152 valence electrons. The molecule has 1 heterocycles. The average molecular weight is 407 g/mol. The predicted molar refractivity (Wildman–Crippen MR) is 111 cm³/mol. The van der Waals surface area contributed by atoms with E-state index >= 15 is 0 Å². The van der Waals surface area contributed by atoms with Gasteiger partial charge in [-0.1, -0.05) is 30.3 Å². The molecule has 0 bridgehead atoms. The summed E-state index contributed by atoms with van der Waals surface area (Å²) in [5.41, 5.74) is 0.996. The molecule has 1 amide bonds. The van der Waals surface area contributed by atoms with Crippen LogP contribution in [0.25, 0.3) is 0 Å². The molecular weight excluding hydrogens is 380 g/mol. The lowest BCUT2D eigenvalue weighted by Crippen LogP contribution is -2.50. The highest BCUT2D eigenvalue weighted by atomic mass is 35.5. The third-order valence-corrected chi connectivity index (χ3v) is 4.56. The summed E-state index contributed by atoms with van der Waals surface area (Å²) >= 11 is 0. The van der Waals surface area contributed by atoms with Crippen molar-refractivity contribution < 1.29 is 19.0 Å². The molecule has 6 nitrogen and oxygen atoms in total. The largest absolute Gasteiger partial charge is 0.496 e. The number of hydrogen-bond acceptors (Lipinski definition) is 5. The van der Waals surface area contributed by atoms with Gasteiger partial charge in [0.05, 0.1) is 19.8 Å². The minimum absolute atomic E-state index is 0. The van der Waals surface area contributed by atoms with Crippen LogP contribution in [0.1, 0.15) is 18.5 Å². The second-order valence-electron chi connectivity index (χ2n) is 6.22. The van der Waals surface area contributed by atoms with E-state index in [-0.39, 0.29) is 31.0 Å². The van der Waals surface area contributed by atoms with Gasteiger partial charge in [-0.2, -0.15) is 0 Å². The Hall–Kier alpha value is -2.44. The van der Waals surface area contributed by atoms with E-state index in [1.165, 1.54) is 0 Å². The molecule has 0 aromatic heterocycles. The first-order valence-electron chi connectivity index (χ1n) is 9.22. The Morgan fingerprint density at radius 1 is 1.07 bits per heavy atom. The maximum Gasteiger partial charge on any atom is 0.261 e. The van der Waals surface area contributed by atoms with Crippen molar-refractivity contribution in [3.05, 3.63) is 54.1 Å². The first kappa shape index (κ1) is 21.9. The summed E-state index contributed by atoms with van der Waals surface area (Å²) in [7, 11) is 1.65. The maximum atomic E-state index is 12.9. The monoisotopic (exact) mass is 406 g/mol. The van der Waals surface area contributed by atoms with E-state index in [0.717, 1.165) is 17.9 Å². The normalized spacial score (nSPS) is 16.1. The smallest absolute Gasteiger partial charge is 0.261 e. The quantitative estimate of drug-likeness (QED) is 0.765.